The molecule has 0 amide bonds. The second-order valence-electron chi connectivity index (χ2n) is 6.18. The van der Waals surface area contributed by atoms with E-state index in [1.54, 1.807) is 0 Å². The number of halogens is 1. The van der Waals surface area contributed by atoms with Crippen molar-refractivity contribution in [2.75, 3.05) is 26.4 Å². The zero-order valence-electron chi connectivity index (χ0n) is 12.6. The van der Waals surface area contributed by atoms with E-state index < -0.39 is 0 Å². The molecule has 0 bridgehead atoms. The third-order valence-electron chi connectivity index (χ3n) is 4.70. The minimum atomic E-state index is -0.0154. The maximum atomic E-state index is 6.09. The molecule has 3 atom stereocenters. The lowest BCUT2D eigenvalue weighted by atomic mass is 9.79. The predicted molar refractivity (Wildman–Crippen MR) is 92.4 cm³/mol. The van der Waals surface area contributed by atoms with Gasteiger partial charge in [0.2, 0.25) is 0 Å². The second kappa shape index (κ2) is 6.94. The molecule has 116 valence electrons. The Kier molecular flexibility index (Phi) is 5.19. The highest BCUT2D eigenvalue weighted by Crippen LogP contribution is 2.41. The first-order chi connectivity index (χ1) is 10.2. The van der Waals surface area contributed by atoms with Gasteiger partial charge in [-0.1, -0.05) is 19.1 Å². The lowest BCUT2D eigenvalue weighted by molar-refractivity contribution is -0.103. The largest absolute Gasteiger partial charge is 0.378 e. The van der Waals surface area contributed by atoms with Crippen molar-refractivity contribution in [3.05, 3.63) is 33.4 Å². The van der Waals surface area contributed by atoms with E-state index in [2.05, 4.69) is 59.1 Å². The Morgan fingerprint density at radius 3 is 3.05 bits per heavy atom. The fourth-order valence-electron chi connectivity index (χ4n) is 3.69. The van der Waals surface area contributed by atoms with Gasteiger partial charge in [0.1, 0.15) is 0 Å². The van der Waals surface area contributed by atoms with E-state index in [1.165, 1.54) is 9.13 Å². The van der Waals surface area contributed by atoms with Crippen molar-refractivity contribution in [2.24, 2.45) is 5.92 Å². The van der Waals surface area contributed by atoms with Crippen LogP contribution in [-0.2, 0) is 9.47 Å². The van der Waals surface area contributed by atoms with Gasteiger partial charge in [0.25, 0.3) is 0 Å². The van der Waals surface area contributed by atoms with Gasteiger partial charge < -0.3 is 14.8 Å². The zero-order chi connectivity index (χ0) is 14.7. The number of nitrogens with one attached hydrogen (secondary N) is 1. The minimum Gasteiger partial charge on any atom is -0.378 e. The van der Waals surface area contributed by atoms with Crippen LogP contribution in [0.2, 0.25) is 0 Å². The van der Waals surface area contributed by atoms with Gasteiger partial charge in [-0.3, -0.25) is 0 Å². The molecule has 0 aliphatic carbocycles. The fraction of sp³-hybridized carbons (Fsp3) is 0.647. The molecule has 4 heteroatoms. The summed E-state index contributed by atoms with van der Waals surface area (Å²) in [5.74, 6) is 0.624. The first-order valence-corrected chi connectivity index (χ1v) is 9.01. The van der Waals surface area contributed by atoms with Gasteiger partial charge in [0.15, 0.2) is 0 Å². The van der Waals surface area contributed by atoms with Crippen LogP contribution in [0.1, 0.15) is 37.8 Å². The summed E-state index contributed by atoms with van der Waals surface area (Å²) in [6, 6.07) is 9.30. The summed E-state index contributed by atoms with van der Waals surface area (Å²) in [4.78, 5) is 0. The number of benzene rings is 1. The molecule has 2 heterocycles. The smallest absolute Gasteiger partial charge is 0.0940 e. The van der Waals surface area contributed by atoms with Crippen molar-refractivity contribution in [2.45, 2.75) is 37.8 Å². The summed E-state index contributed by atoms with van der Waals surface area (Å²) in [7, 11) is 0. The van der Waals surface area contributed by atoms with E-state index in [1.807, 2.05) is 0 Å². The van der Waals surface area contributed by atoms with Gasteiger partial charge >= 0.3 is 0 Å². The topological polar surface area (TPSA) is 30.5 Å². The highest BCUT2D eigenvalue weighted by atomic mass is 127. The van der Waals surface area contributed by atoms with Gasteiger partial charge in [0.05, 0.1) is 12.2 Å². The summed E-state index contributed by atoms with van der Waals surface area (Å²) in [5.41, 5.74) is 1.39. The van der Waals surface area contributed by atoms with Crippen molar-refractivity contribution in [3.8, 4) is 0 Å². The Bertz CT molecular complexity index is 474. The molecular weight excluding hydrogens is 377 g/mol. The summed E-state index contributed by atoms with van der Waals surface area (Å²) in [6.07, 6.45) is 3.29. The van der Waals surface area contributed by atoms with Crippen molar-refractivity contribution in [1.82, 2.24) is 5.32 Å². The third kappa shape index (κ3) is 3.60. The van der Waals surface area contributed by atoms with Crippen LogP contribution in [0.25, 0.3) is 0 Å². The van der Waals surface area contributed by atoms with Crippen LogP contribution in [0.5, 0.6) is 0 Å². The quantitative estimate of drug-likeness (QED) is 0.784. The molecule has 1 N–H and O–H groups in total. The van der Waals surface area contributed by atoms with Crippen LogP contribution in [0, 0.1) is 9.49 Å². The zero-order valence-corrected chi connectivity index (χ0v) is 14.8. The summed E-state index contributed by atoms with van der Waals surface area (Å²) in [6.45, 7) is 5.67. The Balaban J connectivity index is 1.80. The summed E-state index contributed by atoms with van der Waals surface area (Å²) < 4.78 is 13.0. The molecule has 0 aromatic heterocycles. The van der Waals surface area contributed by atoms with E-state index >= 15 is 0 Å². The fourth-order valence-corrected chi connectivity index (χ4v) is 4.26. The maximum absolute atomic E-state index is 6.09. The molecular formula is C17H24INO2. The lowest BCUT2D eigenvalue weighted by Gasteiger charge is -2.40. The SMILES string of the molecule is CCNC(c1cccc(I)c1)C1CCOC2(CCOC2)C1. The van der Waals surface area contributed by atoms with Crippen molar-refractivity contribution < 1.29 is 9.47 Å². The first kappa shape index (κ1) is 15.7. The van der Waals surface area contributed by atoms with Gasteiger partial charge in [-0.25, -0.2) is 0 Å². The molecule has 1 aromatic carbocycles. The molecule has 2 aliphatic heterocycles. The van der Waals surface area contributed by atoms with E-state index in [-0.39, 0.29) is 5.60 Å². The summed E-state index contributed by atoms with van der Waals surface area (Å²) in [5, 5.41) is 3.70. The third-order valence-corrected chi connectivity index (χ3v) is 5.37. The molecule has 0 radical (unpaired) electrons. The van der Waals surface area contributed by atoms with Crippen molar-refractivity contribution in [3.63, 3.8) is 0 Å². The Hall–Kier alpha value is -0.170. The van der Waals surface area contributed by atoms with Crippen LogP contribution in [0.4, 0.5) is 0 Å². The molecule has 2 fully saturated rings. The second-order valence-corrected chi connectivity index (χ2v) is 7.42. The maximum Gasteiger partial charge on any atom is 0.0940 e. The van der Waals surface area contributed by atoms with Crippen LogP contribution in [-0.4, -0.2) is 32.0 Å². The van der Waals surface area contributed by atoms with Crippen molar-refractivity contribution in [1.29, 1.82) is 0 Å². The highest BCUT2D eigenvalue weighted by Gasteiger charge is 2.43. The van der Waals surface area contributed by atoms with Gasteiger partial charge in [0, 0.05) is 29.2 Å². The Labute approximate surface area is 140 Å². The number of hydrogen-bond acceptors (Lipinski definition) is 3. The molecule has 3 rings (SSSR count). The average Bonchev–Trinajstić information content (AvgIpc) is 2.92. The van der Waals surface area contributed by atoms with E-state index in [9.17, 15) is 0 Å². The molecule has 3 nitrogen and oxygen atoms in total. The van der Waals surface area contributed by atoms with E-state index in [4.69, 9.17) is 9.47 Å². The minimum absolute atomic E-state index is 0.0154. The number of ether oxygens (including phenoxy) is 2. The normalized spacial score (nSPS) is 30.7. The van der Waals surface area contributed by atoms with Crippen LogP contribution < -0.4 is 5.32 Å². The van der Waals surface area contributed by atoms with Gasteiger partial charge in [-0.15, -0.1) is 0 Å². The monoisotopic (exact) mass is 401 g/mol. The molecule has 2 saturated heterocycles. The predicted octanol–water partition coefficient (Wildman–Crippen LogP) is 3.53. The average molecular weight is 401 g/mol. The van der Waals surface area contributed by atoms with Crippen LogP contribution >= 0.6 is 22.6 Å². The molecule has 1 spiro atoms. The Morgan fingerprint density at radius 1 is 1.43 bits per heavy atom. The lowest BCUT2D eigenvalue weighted by Crippen LogP contribution is -2.44. The Morgan fingerprint density at radius 2 is 2.33 bits per heavy atom. The molecule has 3 unspecified atom stereocenters. The van der Waals surface area contributed by atoms with E-state index in [0.29, 0.717) is 12.0 Å². The molecule has 2 aliphatic rings. The molecule has 1 aromatic rings. The number of hydrogen-bond donors (Lipinski definition) is 1. The van der Waals surface area contributed by atoms with Gasteiger partial charge in [-0.05, 0) is 65.6 Å². The first-order valence-electron chi connectivity index (χ1n) is 7.93. The van der Waals surface area contributed by atoms with Gasteiger partial charge in [-0.2, -0.15) is 0 Å². The summed E-state index contributed by atoms with van der Waals surface area (Å²) >= 11 is 2.40. The number of rotatable bonds is 4. The molecule has 0 saturated carbocycles. The van der Waals surface area contributed by atoms with Crippen LogP contribution in [0.15, 0.2) is 24.3 Å². The van der Waals surface area contributed by atoms with E-state index in [0.717, 1.165) is 45.6 Å². The van der Waals surface area contributed by atoms with Crippen LogP contribution in [0.3, 0.4) is 0 Å². The molecule has 21 heavy (non-hydrogen) atoms. The standard InChI is InChI=1S/C17H24INO2/c1-2-19-16(13-4-3-5-15(18)10-13)14-6-8-21-17(11-14)7-9-20-12-17/h3-5,10,14,16,19H,2,6-9,11-12H2,1H3. The van der Waals surface area contributed by atoms with Crippen molar-refractivity contribution >= 4 is 22.6 Å². The highest BCUT2D eigenvalue weighted by molar-refractivity contribution is 14.1.